The largest absolute Gasteiger partial charge is 0.507 e. The van der Waals surface area contributed by atoms with Crippen LogP contribution < -0.4 is 14.4 Å². The molecule has 0 saturated carbocycles. The predicted molar refractivity (Wildman–Crippen MR) is 134 cm³/mol. The van der Waals surface area contributed by atoms with E-state index in [1.54, 1.807) is 62.4 Å². The number of carbonyl (C=O) groups is 3. The zero-order valence-corrected chi connectivity index (χ0v) is 20.9. The minimum absolute atomic E-state index is 0.107. The number of rotatable bonds is 7. The van der Waals surface area contributed by atoms with Gasteiger partial charge in [0.1, 0.15) is 10.6 Å². The number of thiazole rings is 1. The zero-order chi connectivity index (χ0) is 26.0. The molecule has 4 rings (SSSR count). The van der Waals surface area contributed by atoms with E-state index in [9.17, 15) is 19.5 Å². The molecule has 186 valence electrons. The third-order valence-electron chi connectivity index (χ3n) is 5.67. The Bertz CT molecular complexity index is 1360. The second kappa shape index (κ2) is 10.2. The van der Waals surface area contributed by atoms with Gasteiger partial charge in [-0.3, -0.25) is 14.5 Å². The number of ether oxygens (including phenoxy) is 3. The number of hydrogen-bond donors (Lipinski definition) is 1. The number of aliphatic hydroxyl groups excluding tert-OH is 1. The molecule has 3 aromatic rings. The normalized spacial score (nSPS) is 16.8. The van der Waals surface area contributed by atoms with E-state index in [4.69, 9.17) is 14.2 Å². The fourth-order valence-corrected chi connectivity index (χ4v) is 4.98. The molecule has 2 aromatic carbocycles. The van der Waals surface area contributed by atoms with E-state index in [0.717, 1.165) is 11.3 Å². The van der Waals surface area contributed by atoms with Crippen molar-refractivity contribution in [2.24, 2.45) is 0 Å². The monoisotopic (exact) mass is 508 g/mol. The van der Waals surface area contributed by atoms with E-state index in [1.165, 1.54) is 19.1 Å². The number of carbonyl (C=O) groups excluding carboxylic acids is 3. The van der Waals surface area contributed by atoms with Crippen molar-refractivity contribution >= 4 is 39.9 Å². The molecule has 1 aromatic heterocycles. The van der Waals surface area contributed by atoms with Crippen LogP contribution in [-0.2, 0) is 14.3 Å². The van der Waals surface area contributed by atoms with E-state index < -0.39 is 23.7 Å². The number of amides is 1. The number of benzene rings is 2. The van der Waals surface area contributed by atoms with Gasteiger partial charge >= 0.3 is 11.9 Å². The Morgan fingerprint density at radius 3 is 2.42 bits per heavy atom. The molecule has 1 atom stereocenters. The first-order valence-corrected chi connectivity index (χ1v) is 11.9. The summed E-state index contributed by atoms with van der Waals surface area (Å²) >= 11 is 0.943. The SMILES string of the molecule is CCOC(=O)c1sc(N2C(=O)C(=O)/C(=C(/O)c3ccccc3)C2c2ccc(OC)c(OC)c2)nc1C. The minimum atomic E-state index is -1.04. The molecular formula is C26H24N2O7S. The highest BCUT2D eigenvalue weighted by molar-refractivity contribution is 7.17. The Kier molecular flexibility index (Phi) is 7.07. The van der Waals surface area contributed by atoms with E-state index in [-0.39, 0.29) is 27.9 Å². The zero-order valence-electron chi connectivity index (χ0n) is 20.1. The summed E-state index contributed by atoms with van der Waals surface area (Å²) in [5, 5.41) is 11.3. The standard InChI is InChI=1S/C26H24N2O7S/c1-5-35-25(32)23-14(2)27-26(36-23)28-20(16-11-12-17(33-3)18(13-16)34-4)19(22(30)24(28)31)21(29)15-9-7-6-8-10-15/h6-13,20,29H,5H2,1-4H3/b21-19+. The lowest BCUT2D eigenvalue weighted by Gasteiger charge is -2.23. The summed E-state index contributed by atoms with van der Waals surface area (Å²) in [7, 11) is 2.96. The highest BCUT2D eigenvalue weighted by Crippen LogP contribution is 2.45. The van der Waals surface area contributed by atoms with Crippen LogP contribution in [0.25, 0.3) is 5.76 Å². The number of anilines is 1. The van der Waals surface area contributed by atoms with Crippen LogP contribution in [0.5, 0.6) is 11.5 Å². The molecule has 1 aliphatic heterocycles. The molecule has 1 amide bonds. The average Bonchev–Trinajstić information content (AvgIpc) is 3.40. The number of ketones is 1. The van der Waals surface area contributed by atoms with Gasteiger partial charge in [0, 0.05) is 5.56 Å². The minimum Gasteiger partial charge on any atom is -0.507 e. The van der Waals surface area contributed by atoms with Crippen LogP contribution >= 0.6 is 11.3 Å². The van der Waals surface area contributed by atoms with Crippen molar-refractivity contribution < 1.29 is 33.7 Å². The molecule has 10 heteroatoms. The summed E-state index contributed by atoms with van der Waals surface area (Å²) < 4.78 is 15.8. The summed E-state index contributed by atoms with van der Waals surface area (Å²) in [6.45, 7) is 3.49. The van der Waals surface area contributed by atoms with Crippen molar-refractivity contribution in [2.45, 2.75) is 19.9 Å². The fraction of sp³-hybridized carbons (Fsp3) is 0.231. The van der Waals surface area contributed by atoms with Crippen molar-refractivity contribution in [1.29, 1.82) is 0 Å². The highest BCUT2D eigenvalue weighted by atomic mass is 32.1. The highest BCUT2D eigenvalue weighted by Gasteiger charge is 2.48. The van der Waals surface area contributed by atoms with E-state index in [0.29, 0.717) is 28.3 Å². The van der Waals surface area contributed by atoms with Gasteiger partial charge < -0.3 is 19.3 Å². The lowest BCUT2D eigenvalue weighted by molar-refractivity contribution is -0.132. The Labute approximate surface area is 211 Å². The summed E-state index contributed by atoms with van der Waals surface area (Å²) in [4.78, 5) is 44.9. The summed E-state index contributed by atoms with van der Waals surface area (Å²) in [6.07, 6.45) is 0. The number of aryl methyl sites for hydroxylation is 1. The van der Waals surface area contributed by atoms with Gasteiger partial charge in [-0.05, 0) is 31.5 Å². The first-order valence-electron chi connectivity index (χ1n) is 11.0. The van der Waals surface area contributed by atoms with E-state index in [2.05, 4.69) is 4.98 Å². The summed E-state index contributed by atoms with van der Waals surface area (Å²) in [5.41, 5.74) is 1.12. The Hall–Kier alpha value is -4.18. The van der Waals surface area contributed by atoms with Gasteiger partial charge in [-0.1, -0.05) is 47.7 Å². The van der Waals surface area contributed by atoms with Crippen LogP contribution in [-0.4, -0.2) is 48.6 Å². The van der Waals surface area contributed by atoms with Crippen LogP contribution in [0, 0.1) is 6.92 Å². The molecule has 1 N–H and O–H groups in total. The third-order valence-corrected chi connectivity index (χ3v) is 6.80. The lowest BCUT2D eigenvalue weighted by Crippen LogP contribution is -2.29. The molecule has 1 fully saturated rings. The van der Waals surface area contributed by atoms with Gasteiger partial charge in [0.25, 0.3) is 5.78 Å². The van der Waals surface area contributed by atoms with Gasteiger partial charge in [-0.25, -0.2) is 9.78 Å². The number of nitrogens with zero attached hydrogens (tertiary/aromatic N) is 2. The van der Waals surface area contributed by atoms with Gasteiger partial charge in [0.05, 0.1) is 38.1 Å². The number of aliphatic hydroxyl groups is 1. The first kappa shape index (κ1) is 24.9. The number of hydrogen-bond acceptors (Lipinski definition) is 9. The molecule has 1 aliphatic rings. The molecule has 2 heterocycles. The van der Waals surface area contributed by atoms with Crippen molar-refractivity contribution in [3.8, 4) is 11.5 Å². The van der Waals surface area contributed by atoms with Gasteiger partial charge in [0.15, 0.2) is 16.6 Å². The van der Waals surface area contributed by atoms with Crippen LogP contribution in [0.1, 0.15) is 39.5 Å². The predicted octanol–water partition coefficient (Wildman–Crippen LogP) is 4.27. The smallest absolute Gasteiger partial charge is 0.350 e. The Morgan fingerprint density at radius 2 is 1.78 bits per heavy atom. The summed E-state index contributed by atoms with van der Waals surface area (Å²) in [5.74, 6) is -1.81. The van der Waals surface area contributed by atoms with Crippen LogP contribution in [0.3, 0.4) is 0 Å². The van der Waals surface area contributed by atoms with E-state index in [1.807, 2.05) is 0 Å². The van der Waals surface area contributed by atoms with Gasteiger partial charge in [0.2, 0.25) is 0 Å². The molecule has 1 unspecified atom stereocenters. The number of aromatic nitrogens is 1. The van der Waals surface area contributed by atoms with Crippen molar-refractivity contribution in [1.82, 2.24) is 4.98 Å². The molecule has 1 saturated heterocycles. The number of Topliss-reactive ketones (excluding diaryl/α,β-unsaturated/α-hetero) is 1. The topological polar surface area (TPSA) is 115 Å². The lowest BCUT2D eigenvalue weighted by atomic mass is 9.95. The molecule has 9 nitrogen and oxygen atoms in total. The number of esters is 1. The van der Waals surface area contributed by atoms with E-state index >= 15 is 0 Å². The summed E-state index contributed by atoms with van der Waals surface area (Å²) in [6, 6.07) is 12.4. The molecule has 0 radical (unpaired) electrons. The second-order valence-corrected chi connectivity index (χ2v) is 8.76. The Morgan fingerprint density at radius 1 is 1.08 bits per heavy atom. The molecular weight excluding hydrogens is 484 g/mol. The molecule has 0 aliphatic carbocycles. The van der Waals surface area contributed by atoms with Crippen molar-refractivity contribution in [3.05, 3.63) is 75.8 Å². The number of methoxy groups -OCH3 is 2. The maximum Gasteiger partial charge on any atom is 0.350 e. The van der Waals surface area contributed by atoms with Crippen LogP contribution in [0.2, 0.25) is 0 Å². The fourth-order valence-electron chi connectivity index (χ4n) is 3.99. The first-order chi connectivity index (χ1) is 17.3. The van der Waals surface area contributed by atoms with Crippen LogP contribution in [0.15, 0.2) is 54.1 Å². The maximum absolute atomic E-state index is 13.4. The second-order valence-electron chi connectivity index (χ2n) is 7.78. The molecule has 0 bridgehead atoms. The van der Waals surface area contributed by atoms with Gasteiger partial charge in [-0.2, -0.15) is 0 Å². The van der Waals surface area contributed by atoms with Crippen molar-refractivity contribution in [2.75, 3.05) is 25.7 Å². The van der Waals surface area contributed by atoms with Crippen LogP contribution in [0.4, 0.5) is 5.13 Å². The van der Waals surface area contributed by atoms with Gasteiger partial charge in [-0.15, -0.1) is 0 Å². The Balaban J connectivity index is 1.94. The van der Waals surface area contributed by atoms with Crippen molar-refractivity contribution in [3.63, 3.8) is 0 Å². The molecule has 36 heavy (non-hydrogen) atoms. The third kappa shape index (κ3) is 4.31. The average molecular weight is 509 g/mol. The quantitative estimate of drug-likeness (QED) is 0.218. The maximum atomic E-state index is 13.4. The molecule has 0 spiro atoms.